The SMILES string of the molecule is CC(C)Cc1ccc(C(C)C(=O)N2CCSC2=O)cc1.CC(C)Cc1ccc(C(C)C(=O)O)cc1.CC(C)Cc1ccc(C(C)C(=O)OO)cc1.O.O=C1NCCS1.[O-]O. The second kappa shape index (κ2) is 29.9. The van der Waals surface area contributed by atoms with Crippen LogP contribution in [0.2, 0.25) is 0 Å². The molecule has 2 fully saturated rings. The molecule has 3 aromatic carbocycles. The predicted molar refractivity (Wildman–Crippen MR) is 238 cm³/mol. The van der Waals surface area contributed by atoms with Crippen molar-refractivity contribution in [1.29, 1.82) is 0 Å². The van der Waals surface area contributed by atoms with Crippen LogP contribution in [0.1, 0.15) is 113 Å². The third kappa shape index (κ3) is 20.8. The number of carboxylic acids is 1. The molecule has 15 heteroatoms. The standard InChI is InChI=1S/C16H21NO2S.C13H18O3.C13H18O2.C3H5NOS.H2O2.H2O/c1-11(2)10-13-4-6-14(7-5-13)12(3)15(18)17-8-9-20-16(17)19;1-9(2)8-11-4-6-12(7-5-11)10(3)13(14)16-15;1-9(2)8-11-4-6-12(7-5-11)10(3)13(14)15;5-3-4-1-2-6-3;1-2;/h4-7,11-12H,8-10H2,1-3H3;4-7,9-10,15H,8H2,1-3H3;4-7,9-10H,8H2,1-3H3,(H,14,15);1-2H2,(H,4,5);1-2H;1H2/p-1. The van der Waals surface area contributed by atoms with Gasteiger partial charge in [0.2, 0.25) is 5.91 Å². The molecular formula is C45H65N2O11S2-. The molecule has 334 valence electrons. The number of carboxylic acid groups (broad SMARTS) is 1. The Labute approximate surface area is 363 Å². The number of hydrogen-bond acceptors (Lipinski definition) is 11. The maximum atomic E-state index is 12.3. The number of amides is 3. The average Bonchev–Trinajstić information content (AvgIpc) is 3.88. The molecule has 2 aliphatic rings. The van der Waals surface area contributed by atoms with Crippen LogP contribution in [0, 0.1) is 17.8 Å². The van der Waals surface area contributed by atoms with E-state index in [0.717, 1.165) is 48.3 Å². The summed E-state index contributed by atoms with van der Waals surface area (Å²) in [6.07, 6.45) is 3.12. The molecule has 3 aromatic rings. The Morgan fingerprint density at radius 3 is 1.30 bits per heavy atom. The summed E-state index contributed by atoms with van der Waals surface area (Å²) in [5.41, 5.74) is 6.51. The first kappa shape index (κ1) is 55.8. The zero-order valence-electron chi connectivity index (χ0n) is 36.3. The van der Waals surface area contributed by atoms with Crippen LogP contribution in [-0.4, -0.2) is 78.9 Å². The maximum absolute atomic E-state index is 12.3. The van der Waals surface area contributed by atoms with Gasteiger partial charge in [0.15, 0.2) is 0 Å². The topological polar surface area (TPSA) is 225 Å². The third-order valence-electron chi connectivity index (χ3n) is 9.19. The van der Waals surface area contributed by atoms with E-state index >= 15 is 0 Å². The fraction of sp³-hybridized carbons (Fsp3) is 0.489. The van der Waals surface area contributed by atoms with Crippen molar-refractivity contribution in [2.75, 3.05) is 24.6 Å². The molecule has 0 radical (unpaired) electrons. The number of rotatable bonds is 12. The number of carbonyl (C=O) groups is 5. The summed E-state index contributed by atoms with van der Waals surface area (Å²) in [5, 5.41) is 32.8. The van der Waals surface area contributed by atoms with Crippen LogP contribution in [0.15, 0.2) is 72.8 Å². The molecule has 0 bridgehead atoms. The highest BCUT2D eigenvalue weighted by atomic mass is 32.2. The summed E-state index contributed by atoms with van der Waals surface area (Å²) in [7, 11) is 0. The number of nitrogens with one attached hydrogen (secondary N) is 1. The number of carbonyl (C=O) groups excluding carboxylic acids is 4. The largest absolute Gasteiger partial charge is 0.727 e. The number of imide groups is 1. The van der Waals surface area contributed by atoms with Crippen LogP contribution in [-0.2, 0) is 38.5 Å². The minimum Gasteiger partial charge on any atom is -0.727 e. The summed E-state index contributed by atoms with van der Waals surface area (Å²) < 4.78 is 0. The van der Waals surface area contributed by atoms with Gasteiger partial charge in [0, 0.05) is 24.6 Å². The lowest BCUT2D eigenvalue weighted by atomic mass is 9.96. The predicted octanol–water partition coefficient (Wildman–Crippen LogP) is 8.20. The zero-order valence-corrected chi connectivity index (χ0v) is 37.9. The van der Waals surface area contributed by atoms with Crippen LogP contribution in [0.4, 0.5) is 9.59 Å². The van der Waals surface area contributed by atoms with Crippen molar-refractivity contribution in [3.63, 3.8) is 0 Å². The molecule has 3 amide bonds. The van der Waals surface area contributed by atoms with Gasteiger partial charge in [-0.1, -0.05) is 138 Å². The number of hydrogen-bond donors (Lipinski definition) is 4. The first-order valence-corrected chi connectivity index (χ1v) is 21.8. The van der Waals surface area contributed by atoms with E-state index in [2.05, 4.69) is 63.9 Å². The van der Waals surface area contributed by atoms with E-state index in [4.69, 9.17) is 20.9 Å². The van der Waals surface area contributed by atoms with Gasteiger partial charge in [-0.2, -0.15) is 5.26 Å². The molecule has 2 aliphatic heterocycles. The molecule has 5 rings (SSSR count). The Kier molecular flexibility index (Phi) is 27.8. The quantitative estimate of drug-likeness (QED) is 0.0998. The lowest BCUT2D eigenvalue weighted by molar-refractivity contribution is -0.670. The Balaban J connectivity index is 0.000000797. The minimum atomic E-state index is -0.772. The molecule has 2 saturated heterocycles. The van der Waals surface area contributed by atoms with E-state index in [1.54, 1.807) is 13.8 Å². The fourth-order valence-corrected chi connectivity index (χ4v) is 7.30. The van der Waals surface area contributed by atoms with Crippen LogP contribution in [0.25, 0.3) is 0 Å². The van der Waals surface area contributed by atoms with E-state index < -0.39 is 23.8 Å². The van der Waals surface area contributed by atoms with Gasteiger partial charge < -0.3 is 31.3 Å². The highest BCUT2D eigenvalue weighted by Gasteiger charge is 2.31. The average molecular weight is 874 g/mol. The van der Waals surface area contributed by atoms with Gasteiger partial charge in [0.05, 0.1) is 17.8 Å². The monoisotopic (exact) mass is 873 g/mol. The number of benzene rings is 3. The summed E-state index contributed by atoms with van der Waals surface area (Å²) in [6.45, 7) is 19.7. The molecule has 6 N–H and O–H groups in total. The Morgan fingerprint density at radius 1 is 0.650 bits per heavy atom. The third-order valence-corrected chi connectivity index (χ3v) is 10.9. The van der Waals surface area contributed by atoms with Gasteiger partial charge >= 0.3 is 11.9 Å². The highest BCUT2D eigenvalue weighted by Crippen LogP contribution is 2.25. The van der Waals surface area contributed by atoms with Gasteiger partial charge in [-0.05, 0) is 91.2 Å². The number of thioether (sulfide) groups is 2. The first-order valence-electron chi connectivity index (χ1n) is 19.8. The fourth-order valence-electron chi connectivity index (χ4n) is 5.92. The van der Waals surface area contributed by atoms with Crippen molar-refractivity contribution >= 4 is 51.8 Å². The maximum Gasteiger partial charge on any atom is 0.349 e. The molecule has 0 spiro atoms. The second-order valence-corrected chi connectivity index (χ2v) is 17.7. The summed E-state index contributed by atoms with van der Waals surface area (Å²) in [5.74, 6) is 0.933. The van der Waals surface area contributed by atoms with Gasteiger partial charge in [-0.25, -0.2) is 4.79 Å². The lowest BCUT2D eigenvalue weighted by Crippen LogP contribution is -2.34. The smallest absolute Gasteiger partial charge is 0.349 e. The first-order chi connectivity index (χ1) is 27.9. The molecule has 3 atom stereocenters. The Hall–Kier alpha value is -4.25. The summed E-state index contributed by atoms with van der Waals surface area (Å²) >= 11 is 2.57. The molecule has 0 aromatic heterocycles. The van der Waals surface area contributed by atoms with Crippen LogP contribution in [0.3, 0.4) is 0 Å². The van der Waals surface area contributed by atoms with E-state index in [0.29, 0.717) is 30.1 Å². The van der Waals surface area contributed by atoms with Crippen molar-refractivity contribution in [1.82, 2.24) is 10.2 Å². The molecule has 0 aliphatic carbocycles. The molecular weight excluding hydrogens is 809 g/mol. The van der Waals surface area contributed by atoms with Crippen molar-refractivity contribution in [3.05, 3.63) is 106 Å². The van der Waals surface area contributed by atoms with Gasteiger partial charge in [0.1, 0.15) is 0 Å². The zero-order chi connectivity index (χ0) is 44.7. The number of aliphatic carboxylic acids is 1. The van der Waals surface area contributed by atoms with E-state index in [1.807, 2.05) is 67.6 Å². The molecule has 2 heterocycles. The summed E-state index contributed by atoms with van der Waals surface area (Å²) in [6, 6.07) is 23.9. The second-order valence-electron chi connectivity index (χ2n) is 15.6. The van der Waals surface area contributed by atoms with E-state index in [-0.39, 0.29) is 27.8 Å². The van der Waals surface area contributed by atoms with E-state index in [1.165, 1.54) is 45.1 Å². The van der Waals surface area contributed by atoms with Crippen molar-refractivity contribution in [3.8, 4) is 0 Å². The van der Waals surface area contributed by atoms with E-state index in [9.17, 15) is 24.0 Å². The van der Waals surface area contributed by atoms with Crippen LogP contribution in [0.5, 0.6) is 0 Å². The van der Waals surface area contributed by atoms with Crippen molar-refractivity contribution < 1.29 is 55.2 Å². The van der Waals surface area contributed by atoms with Crippen LogP contribution < -0.4 is 10.6 Å². The normalized spacial score (nSPS) is 14.3. The summed E-state index contributed by atoms with van der Waals surface area (Å²) in [4.78, 5) is 61.0. The molecule has 3 unspecified atom stereocenters. The molecule has 13 nitrogen and oxygen atoms in total. The van der Waals surface area contributed by atoms with Gasteiger partial charge in [-0.3, -0.25) is 24.1 Å². The molecule has 60 heavy (non-hydrogen) atoms. The molecule has 0 saturated carbocycles. The number of nitrogens with zero attached hydrogens (tertiary/aromatic N) is 1. The highest BCUT2D eigenvalue weighted by molar-refractivity contribution is 8.14. The van der Waals surface area contributed by atoms with Gasteiger partial charge in [0.25, 0.3) is 10.5 Å². The lowest BCUT2D eigenvalue weighted by Gasteiger charge is -2.18. The van der Waals surface area contributed by atoms with Gasteiger partial charge in [-0.15, -0.1) is 0 Å². The van der Waals surface area contributed by atoms with Crippen LogP contribution >= 0.6 is 23.5 Å². The minimum absolute atomic E-state index is 0. The Bertz CT molecular complexity index is 1710. The van der Waals surface area contributed by atoms with Crippen molar-refractivity contribution in [2.45, 2.75) is 99.3 Å². The van der Waals surface area contributed by atoms with Crippen molar-refractivity contribution in [2.24, 2.45) is 17.8 Å². The Morgan fingerprint density at radius 2 is 1.03 bits per heavy atom.